The molecule has 2 rings (SSSR count). The third kappa shape index (κ3) is 1.65. The zero-order valence-corrected chi connectivity index (χ0v) is 10.7. The van der Waals surface area contributed by atoms with E-state index in [1.165, 1.54) is 17.4 Å². The summed E-state index contributed by atoms with van der Waals surface area (Å²) in [5.41, 5.74) is 0.0708. The summed E-state index contributed by atoms with van der Waals surface area (Å²) in [4.78, 5) is 0.630. The Morgan fingerprint density at radius 2 is 2.14 bits per heavy atom. The van der Waals surface area contributed by atoms with Gasteiger partial charge in [-0.25, -0.2) is 8.78 Å². The minimum absolute atomic E-state index is 0.0708. The molecule has 14 heavy (non-hydrogen) atoms. The van der Waals surface area contributed by atoms with Gasteiger partial charge < -0.3 is 0 Å². The van der Waals surface area contributed by atoms with Crippen molar-refractivity contribution in [3.05, 3.63) is 26.6 Å². The second-order valence-electron chi connectivity index (χ2n) is 2.76. The molecule has 0 amide bonds. The summed E-state index contributed by atoms with van der Waals surface area (Å²) in [7, 11) is 0. The quantitative estimate of drug-likeness (QED) is 0.562. The van der Waals surface area contributed by atoms with Crippen LogP contribution in [-0.2, 0) is 0 Å². The second kappa shape index (κ2) is 3.94. The van der Waals surface area contributed by atoms with Crippen LogP contribution in [0.1, 0.15) is 12.0 Å². The Labute approximate surface area is 103 Å². The van der Waals surface area contributed by atoms with Gasteiger partial charge in [-0.3, -0.25) is 0 Å². The van der Waals surface area contributed by atoms with Crippen molar-refractivity contribution in [2.45, 2.75) is 11.3 Å². The molecule has 0 nitrogen and oxygen atoms in total. The Kier molecular flexibility index (Phi) is 2.99. The van der Waals surface area contributed by atoms with E-state index in [4.69, 9.17) is 0 Å². The Morgan fingerprint density at radius 3 is 2.79 bits per heavy atom. The SMILES string of the molecule is FC(F)c1cc(S)c2sccc2c1I. The van der Waals surface area contributed by atoms with Crippen molar-refractivity contribution in [3.8, 4) is 0 Å². The molecule has 0 fully saturated rings. The number of fused-ring (bicyclic) bond motifs is 1. The van der Waals surface area contributed by atoms with Crippen molar-refractivity contribution < 1.29 is 8.78 Å². The van der Waals surface area contributed by atoms with E-state index in [1.54, 1.807) is 0 Å². The van der Waals surface area contributed by atoms with Crippen molar-refractivity contribution in [3.63, 3.8) is 0 Å². The lowest BCUT2D eigenvalue weighted by molar-refractivity contribution is 0.150. The fourth-order valence-electron chi connectivity index (χ4n) is 1.27. The molecular weight excluding hydrogens is 337 g/mol. The fraction of sp³-hybridized carbons (Fsp3) is 0.111. The number of hydrogen-bond acceptors (Lipinski definition) is 2. The van der Waals surface area contributed by atoms with E-state index in [0.29, 0.717) is 8.47 Å². The number of benzene rings is 1. The summed E-state index contributed by atoms with van der Waals surface area (Å²) in [6, 6.07) is 3.31. The second-order valence-corrected chi connectivity index (χ2v) is 5.24. The van der Waals surface area contributed by atoms with E-state index in [9.17, 15) is 8.78 Å². The monoisotopic (exact) mass is 342 g/mol. The maximum absolute atomic E-state index is 12.6. The van der Waals surface area contributed by atoms with Crippen molar-refractivity contribution >= 4 is 56.6 Å². The van der Waals surface area contributed by atoms with Gasteiger partial charge in [0, 0.05) is 24.1 Å². The highest BCUT2D eigenvalue weighted by atomic mass is 127. The van der Waals surface area contributed by atoms with Crippen LogP contribution in [0.3, 0.4) is 0 Å². The zero-order chi connectivity index (χ0) is 10.3. The van der Waals surface area contributed by atoms with Gasteiger partial charge in [-0.1, -0.05) is 0 Å². The Hall–Kier alpha value is 0.120. The third-order valence-electron chi connectivity index (χ3n) is 1.92. The number of rotatable bonds is 1. The molecular formula is C9H5F2IS2. The van der Waals surface area contributed by atoms with Gasteiger partial charge in [0.2, 0.25) is 0 Å². The number of alkyl halides is 2. The van der Waals surface area contributed by atoms with Crippen LogP contribution in [0.4, 0.5) is 8.78 Å². The predicted molar refractivity (Wildman–Crippen MR) is 66.8 cm³/mol. The van der Waals surface area contributed by atoms with Gasteiger partial charge in [0.15, 0.2) is 0 Å². The smallest absolute Gasteiger partial charge is 0.205 e. The molecule has 0 bridgehead atoms. The summed E-state index contributed by atoms with van der Waals surface area (Å²) >= 11 is 7.68. The summed E-state index contributed by atoms with van der Waals surface area (Å²) in [5.74, 6) is 0. The van der Waals surface area contributed by atoms with Gasteiger partial charge in [0.25, 0.3) is 6.43 Å². The highest BCUT2D eigenvalue weighted by Crippen LogP contribution is 2.37. The summed E-state index contributed by atoms with van der Waals surface area (Å²) in [6.45, 7) is 0. The first-order chi connectivity index (χ1) is 6.61. The minimum Gasteiger partial charge on any atom is -0.205 e. The molecule has 0 atom stereocenters. The molecule has 74 valence electrons. The first-order valence-electron chi connectivity index (χ1n) is 3.78. The maximum atomic E-state index is 12.6. The first kappa shape index (κ1) is 10.6. The predicted octanol–water partition coefficient (Wildman–Crippen LogP) is 4.73. The third-order valence-corrected chi connectivity index (χ3v) is 4.57. The van der Waals surface area contributed by atoms with Gasteiger partial charge in [-0.2, -0.15) is 0 Å². The van der Waals surface area contributed by atoms with E-state index in [1.807, 2.05) is 34.0 Å². The Balaban J connectivity index is 2.82. The average molecular weight is 342 g/mol. The van der Waals surface area contributed by atoms with Crippen molar-refractivity contribution in [1.29, 1.82) is 0 Å². The van der Waals surface area contributed by atoms with Crippen LogP contribution in [0, 0.1) is 3.57 Å². The number of hydrogen-bond donors (Lipinski definition) is 1. The van der Waals surface area contributed by atoms with Crippen LogP contribution in [-0.4, -0.2) is 0 Å². The Bertz CT molecular complexity index is 479. The molecule has 0 radical (unpaired) electrons. The average Bonchev–Trinajstić information content (AvgIpc) is 2.59. The van der Waals surface area contributed by atoms with Gasteiger partial charge in [-0.05, 0) is 40.1 Å². The number of halogens is 3. The van der Waals surface area contributed by atoms with Crippen LogP contribution in [0.15, 0.2) is 22.4 Å². The lowest BCUT2D eigenvalue weighted by Gasteiger charge is -2.06. The van der Waals surface area contributed by atoms with Crippen molar-refractivity contribution in [1.82, 2.24) is 0 Å². The minimum atomic E-state index is -2.43. The molecule has 0 unspecified atom stereocenters. The highest BCUT2D eigenvalue weighted by molar-refractivity contribution is 14.1. The molecule has 0 aliphatic rings. The van der Waals surface area contributed by atoms with Gasteiger partial charge >= 0.3 is 0 Å². The molecule has 1 heterocycles. The summed E-state index contributed by atoms with van der Waals surface area (Å²) < 4.78 is 26.8. The van der Waals surface area contributed by atoms with Gasteiger partial charge in [-0.15, -0.1) is 24.0 Å². The van der Waals surface area contributed by atoms with Crippen LogP contribution in [0.2, 0.25) is 0 Å². The maximum Gasteiger partial charge on any atom is 0.264 e. The molecule has 1 aromatic carbocycles. The summed E-state index contributed by atoms with van der Waals surface area (Å²) in [6.07, 6.45) is -2.43. The summed E-state index contributed by atoms with van der Waals surface area (Å²) in [5, 5.41) is 2.76. The molecule has 0 N–H and O–H groups in total. The fourth-order valence-corrected chi connectivity index (χ4v) is 3.53. The largest absolute Gasteiger partial charge is 0.264 e. The molecule has 0 saturated carbocycles. The molecule has 0 spiro atoms. The number of thiol groups is 1. The standard InChI is InChI=1S/C9H5F2IS2/c10-9(11)5-3-6(13)8-4(7(5)12)1-2-14-8/h1-3,9,13H. The van der Waals surface area contributed by atoms with Crippen LogP contribution < -0.4 is 0 Å². The van der Waals surface area contributed by atoms with E-state index in [2.05, 4.69) is 12.6 Å². The zero-order valence-electron chi connectivity index (χ0n) is 6.80. The molecule has 0 saturated heterocycles. The molecule has 0 aliphatic carbocycles. The van der Waals surface area contributed by atoms with Crippen LogP contribution in [0.5, 0.6) is 0 Å². The number of thiophene rings is 1. The van der Waals surface area contributed by atoms with E-state index >= 15 is 0 Å². The highest BCUT2D eigenvalue weighted by Gasteiger charge is 2.16. The molecule has 2 aromatic rings. The topological polar surface area (TPSA) is 0 Å². The molecule has 5 heteroatoms. The van der Waals surface area contributed by atoms with Gasteiger partial charge in [0.1, 0.15) is 0 Å². The van der Waals surface area contributed by atoms with Crippen LogP contribution >= 0.6 is 46.6 Å². The molecule has 0 aliphatic heterocycles. The van der Waals surface area contributed by atoms with Crippen molar-refractivity contribution in [2.24, 2.45) is 0 Å². The van der Waals surface area contributed by atoms with E-state index < -0.39 is 6.43 Å². The van der Waals surface area contributed by atoms with E-state index in [-0.39, 0.29) is 5.56 Å². The normalized spacial score (nSPS) is 11.5. The Morgan fingerprint density at radius 1 is 1.43 bits per heavy atom. The van der Waals surface area contributed by atoms with Crippen molar-refractivity contribution in [2.75, 3.05) is 0 Å². The van der Waals surface area contributed by atoms with Gasteiger partial charge in [0.05, 0.1) is 0 Å². The van der Waals surface area contributed by atoms with Crippen LogP contribution in [0.25, 0.3) is 10.1 Å². The lowest BCUT2D eigenvalue weighted by Crippen LogP contribution is -1.90. The first-order valence-corrected chi connectivity index (χ1v) is 6.18. The lowest BCUT2D eigenvalue weighted by atomic mass is 10.2. The molecule has 1 aromatic heterocycles. The van der Waals surface area contributed by atoms with E-state index in [0.717, 1.165) is 10.1 Å².